The topological polar surface area (TPSA) is 21.3 Å². The molecule has 0 aliphatic carbocycles. The average molecular weight is 903 g/mol. The van der Waals surface area contributed by atoms with Crippen molar-refractivity contribution in [1.29, 1.82) is 0 Å². The molecule has 0 saturated heterocycles. The van der Waals surface area contributed by atoms with Crippen LogP contribution in [0.15, 0.2) is 120 Å². The number of rotatable bonds is 1. The first-order chi connectivity index (χ1) is 32.3. The summed E-state index contributed by atoms with van der Waals surface area (Å²) in [5.41, 5.74) is 20.9. The molecule has 4 heteroatoms. The highest BCUT2D eigenvalue weighted by molar-refractivity contribution is 6.90. The summed E-state index contributed by atoms with van der Waals surface area (Å²) in [5.74, 6) is 0. The van der Waals surface area contributed by atoms with E-state index in [0.29, 0.717) is 0 Å². The van der Waals surface area contributed by atoms with E-state index in [1.165, 1.54) is 116 Å². The van der Waals surface area contributed by atoms with Crippen LogP contribution in [0.5, 0.6) is 0 Å². The normalized spacial score (nSPS) is 14.3. The van der Waals surface area contributed by atoms with Crippen LogP contribution in [0, 0.1) is 6.92 Å². The fourth-order valence-electron chi connectivity index (χ4n) is 12.2. The Bertz CT molecular complexity index is 3840. The molecule has 0 amide bonds. The number of benzene rings is 8. The highest BCUT2D eigenvalue weighted by atomic mass is 16.3. The molecule has 2 aromatic heterocycles. The van der Waals surface area contributed by atoms with Gasteiger partial charge in [0.2, 0.25) is 0 Å². The van der Waals surface area contributed by atoms with E-state index in [0.717, 1.165) is 21.9 Å². The Balaban J connectivity index is 1.35. The van der Waals surface area contributed by atoms with Crippen molar-refractivity contribution in [2.45, 2.75) is 138 Å². The molecule has 4 heterocycles. The molecule has 12 rings (SSSR count). The van der Waals surface area contributed by atoms with Gasteiger partial charge in [-0.2, -0.15) is 0 Å². The summed E-state index contributed by atoms with van der Waals surface area (Å²) in [5, 5.41) is 10.2. The highest BCUT2D eigenvalue weighted by Crippen LogP contribution is 2.52. The summed E-state index contributed by atoms with van der Waals surface area (Å²) in [4.78, 5) is 2.67. The maximum atomic E-state index is 7.25. The molecule has 0 unspecified atom stereocenters. The molecule has 10 aromatic rings. The van der Waals surface area contributed by atoms with Crippen LogP contribution in [0.25, 0.3) is 76.4 Å². The third-order valence-corrected chi connectivity index (χ3v) is 16.0. The summed E-state index contributed by atoms with van der Waals surface area (Å²) >= 11 is 0. The molecule has 2 aliphatic rings. The second kappa shape index (κ2) is 14.0. The van der Waals surface area contributed by atoms with Crippen molar-refractivity contribution < 1.29 is 4.42 Å². The zero-order valence-electron chi connectivity index (χ0n) is 43.8. The van der Waals surface area contributed by atoms with Crippen LogP contribution in [0.4, 0.5) is 17.1 Å². The number of aromatic nitrogens is 1. The molecule has 346 valence electrons. The fourth-order valence-corrected chi connectivity index (χ4v) is 12.2. The van der Waals surface area contributed by atoms with Crippen LogP contribution in [0.1, 0.15) is 137 Å². The van der Waals surface area contributed by atoms with Crippen molar-refractivity contribution in [2.24, 2.45) is 0 Å². The van der Waals surface area contributed by atoms with E-state index in [1.807, 2.05) is 0 Å². The summed E-state index contributed by atoms with van der Waals surface area (Å²) in [6.45, 7) is 37.6. The van der Waals surface area contributed by atoms with Crippen LogP contribution in [-0.2, 0) is 27.1 Å². The van der Waals surface area contributed by atoms with Gasteiger partial charge in [0, 0.05) is 60.8 Å². The monoisotopic (exact) mass is 903 g/mol. The number of hydrogen-bond donors (Lipinski definition) is 0. The van der Waals surface area contributed by atoms with Gasteiger partial charge >= 0.3 is 6.85 Å². The predicted octanol–water partition coefficient (Wildman–Crippen LogP) is 17.2. The summed E-state index contributed by atoms with van der Waals surface area (Å²) in [6, 6.07) is 45.3. The van der Waals surface area contributed by atoms with Gasteiger partial charge in [0.05, 0.1) is 0 Å². The molecular formula is C65H67BN2O. The Morgan fingerprint density at radius 2 is 1.03 bits per heavy atom. The fraction of sp³-hybridized carbons (Fsp3) is 0.323. The molecule has 3 nitrogen and oxygen atoms in total. The molecule has 0 radical (unpaired) electrons. The number of furan rings is 1. The van der Waals surface area contributed by atoms with Gasteiger partial charge in [-0.1, -0.05) is 165 Å². The third-order valence-electron chi connectivity index (χ3n) is 16.0. The standard InChI is InChI=1S/C65H67BN2O/c1-36-42-21-17-18-23-44(42)57(65(14,15)16)47-34-53-51(33-45(36)47)66-58-54(67(53)41-28-38(62(5,6)7)27-39(29-41)63(8,9)10)35-49-43-22-19-20-24-55(43)69-60(49)56(58)50-32-40(64(11,12)13)31-48-46-30-37(61(2,3)4)25-26-52(46)68(66)59(48)50/h17-35H,1-16H3. The van der Waals surface area contributed by atoms with Gasteiger partial charge < -0.3 is 13.8 Å². The zero-order chi connectivity index (χ0) is 48.8. The van der Waals surface area contributed by atoms with E-state index in [4.69, 9.17) is 4.42 Å². The van der Waals surface area contributed by atoms with Gasteiger partial charge in [0.1, 0.15) is 11.2 Å². The molecule has 69 heavy (non-hydrogen) atoms. The van der Waals surface area contributed by atoms with Crippen LogP contribution in [0.2, 0.25) is 0 Å². The largest absolute Gasteiger partial charge is 0.455 e. The first kappa shape index (κ1) is 44.0. The lowest BCUT2D eigenvalue weighted by atomic mass is 9.44. The van der Waals surface area contributed by atoms with Crippen LogP contribution < -0.4 is 15.8 Å². The minimum Gasteiger partial charge on any atom is -0.455 e. The Morgan fingerprint density at radius 3 is 1.67 bits per heavy atom. The molecule has 0 saturated carbocycles. The number of para-hydroxylation sites is 1. The van der Waals surface area contributed by atoms with Crippen LogP contribution in [0.3, 0.4) is 0 Å². The number of aryl methyl sites for hydroxylation is 1. The molecule has 8 aromatic carbocycles. The van der Waals surface area contributed by atoms with E-state index < -0.39 is 0 Å². The van der Waals surface area contributed by atoms with Gasteiger partial charge in [-0.15, -0.1) is 0 Å². The molecule has 2 aliphatic heterocycles. The lowest BCUT2D eigenvalue weighted by Crippen LogP contribution is -2.56. The second-order valence-corrected chi connectivity index (χ2v) is 25.9. The smallest absolute Gasteiger partial charge is 0.333 e. The lowest BCUT2D eigenvalue weighted by molar-refractivity contribution is 0.568. The van der Waals surface area contributed by atoms with Crippen molar-refractivity contribution >= 4 is 100 Å². The van der Waals surface area contributed by atoms with Gasteiger partial charge in [-0.05, 0) is 154 Å². The average Bonchev–Trinajstić information content (AvgIpc) is 3.81. The van der Waals surface area contributed by atoms with Crippen molar-refractivity contribution in [1.82, 2.24) is 4.48 Å². The van der Waals surface area contributed by atoms with Crippen molar-refractivity contribution in [3.63, 3.8) is 0 Å². The van der Waals surface area contributed by atoms with Crippen LogP contribution in [-0.4, -0.2) is 11.3 Å². The first-order valence-corrected chi connectivity index (χ1v) is 25.4. The van der Waals surface area contributed by atoms with E-state index in [-0.39, 0.29) is 33.9 Å². The Kier molecular flexibility index (Phi) is 8.90. The van der Waals surface area contributed by atoms with Gasteiger partial charge in [-0.3, -0.25) is 0 Å². The maximum Gasteiger partial charge on any atom is 0.333 e. The predicted molar refractivity (Wildman–Crippen MR) is 301 cm³/mol. The molecule has 0 N–H and O–H groups in total. The summed E-state index contributed by atoms with van der Waals surface area (Å²) < 4.78 is 10.00. The molecular weight excluding hydrogens is 836 g/mol. The molecule has 0 fully saturated rings. The third kappa shape index (κ3) is 6.32. The lowest BCUT2D eigenvalue weighted by Gasteiger charge is -2.42. The van der Waals surface area contributed by atoms with Crippen molar-refractivity contribution in [3.05, 3.63) is 149 Å². The van der Waals surface area contributed by atoms with Crippen molar-refractivity contribution in [3.8, 4) is 11.1 Å². The molecule has 0 atom stereocenters. The van der Waals surface area contributed by atoms with E-state index in [9.17, 15) is 0 Å². The van der Waals surface area contributed by atoms with Gasteiger partial charge in [-0.25, -0.2) is 0 Å². The Morgan fingerprint density at radius 1 is 0.449 bits per heavy atom. The molecule has 0 bridgehead atoms. The Labute approximate surface area is 409 Å². The van der Waals surface area contributed by atoms with E-state index in [1.54, 1.807) is 0 Å². The number of fused-ring (bicyclic) bond motifs is 13. The first-order valence-electron chi connectivity index (χ1n) is 25.4. The van der Waals surface area contributed by atoms with E-state index >= 15 is 0 Å². The zero-order valence-corrected chi connectivity index (χ0v) is 43.8. The quantitative estimate of drug-likeness (QED) is 0.121. The number of hydrogen-bond acceptors (Lipinski definition) is 2. The summed E-state index contributed by atoms with van der Waals surface area (Å²) in [7, 11) is 0. The minimum absolute atomic E-state index is 0.0146. The summed E-state index contributed by atoms with van der Waals surface area (Å²) in [6.07, 6.45) is 0. The minimum atomic E-state index is -0.145. The van der Waals surface area contributed by atoms with Crippen LogP contribution >= 0.6 is 0 Å². The number of anilines is 3. The maximum absolute atomic E-state index is 7.25. The van der Waals surface area contributed by atoms with Gasteiger partial charge in [0.25, 0.3) is 0 Å². The van der Waals surface area contributed by atoms with Crippen molar-refractivity contribution in [2.75, 3.05) is 4.90 Å². The van der Waals surface area contributed by atoms with E-state index in [2.05, 4.69) is 235 Å². The molecule has 0 spiro atoms. The van der Waals surface area contributed by atoms with Gasteiger partial charge in [0.15, 0.2) is 0 Å². The Hall–Kier alpha value is -6.26. The SMILES string of the molecule is Cc1c2ccccc2c(C(C)(C)C)c2cc3c(cc12)B1c2c(cc4c(oc5ccccc54)c2-c2cc(C(C)(C)C)cc4c5cc(C(C)(C)C)ccc5n1c24)N3c1cc(C(C)(C)C)cc(C(C)(C)C)c1. The highest BCUT2D eigenvalue weighted by Gasteiger charge is 2.46. The number of nitrogens with zero attached hydrogens (tertiary/aromatic N) is 2. The second-order valence-electron chi connectivity index (χ2n) is 25.9.